The summed E-state index contributed by atoms with van der Waals surface area (Å²) in [4.78, 5) is 33.6. The van der Waals surface area contributed by atoms with Gasteiger partial charge in [-0.3, -0.25) is 14.5 Å². The van der Waals surface area contributed by atoms with E-state index in [0.717, 1.165) is 37.8 Å². The minimum absolute atomic E-state index is 0.0290. The van der Waals surface area contributed by atoms with Gasteiger partial charge in [-0.15, -0.1) is 11.3 Å². The SMILES string of the molecule is CCCCc1ccc(C(=O)N2CCN(C(=O)CN3CCc4sccc4C3c3cccc(F)c3)CC2)cc1. The summed E-state index contributed by atoms with van der Waals surface area (Å²) in [6.07, 6.45) is 4.24. The molecule has 3 aromatic rings. The number of hydrogen-bond donors (Lipinski definition) is 0. The lowest BCUT2D eigenvalue weighted by molar-refractivity contribution is -0.134. The molecule has 0 aliphatic carbocycles. The summed E-state index contributed by atoms with van der Waals surface area (Å²) in [6.45, 7) is 5.34. The molecule has 0 spiro atoms. The van der Waals surface area contributed by atoms with Gasteiger partial charge in [-0.05, 0) is 71.7 Å². The lowest BCUT2D eigenvalue weighted by Crippen LogP contribution is -2.53. The number of fused-ring (bicyclic) bond motifs is 1. The van der Waals surface area contributed by atoms with Crippen molar-refractivity contribution in [1.29, 1.82) is 0 Å². The number of piperazine rings is 1. The van der Waals surface area contributed by atoms with Crippen molar-refractivity contribution < 1.29 is 14.0 Å². The van der Waals surface area contributed by atoms with E-state index in [1.165, 1.54) is 22.1 Å². The van der Waals surface area contributed by atoms with Gasteiger partial charge in [-0.1, -0.05) is 37.6 Å². The molecule has 2 aromatic carbocycles. The van der Waals surface area contributed by atoms with Gasteiger partial charge in [0.25, 0.3) is 5.91 Å². The minimum atomic E-state index is -0.262. The molecule has 7 heteroatoms. The lowest BCUT2D eigenvalue weighted by Gasteiger charge is -2.39. The maximum atomic E-state index is 14.1. The Kier molecular flexibility index (Phi) is 8.01. The highest BCUT2D eigenvalue weighted by Gasteiger charge is 2.33. The van der Waals surface area contributed by atoms with Crippen LogP contribution in [0.1, 0.15) is 57.7 Å². The number of aryl methyl sites for hydroxylation is 1. The highest BCUT2D eigenvalue weighted by molar-refractivity contribution is 7.10. The Morgan fingerprint density at radius 3 is 2.46 bits per heavy atom. The van der Waals surface area contributed by atoms with Crippen LogP contribution in [0, 0.1) is 5.82 Å². The molecule has 1 saturated heterocycles. The van der Waals surface area contributed by atoms with Crippen molar-refractivity contribution in [3.8, 4) is 0 Å². The monoisotopic (exact) mass is 519 g/mol. The zero-order chi connectivity index (χ0) is 25.8. The van der Waals surface area contributed by atoms with Crippen LogP contribution in [0.5, 0.6) is 0 Å². The Hall–Kier alpha value is -3.03. The van der Waals surface area contributed by atoms with Crippen LogP contribution in [0.25, 0.3) is 0 Å². The number of carbonyl (C=O) groups excluding carboxylic acids is 2. The summed E-state index contributed by atoms with van der Waals surface area (Å²) < 4.78 is 14.1. The predicted molar refractivity (Wildman–Crippen MR) is 145 cm³/mol. The van der Waals surface area contributed by atoms with Crippen LogP contribution in [0.3, 0.4) is 0 Å². The number of carbonyl (C=O) groups is 2. The third-order valence-corrected chi connectivity index (χ3v) is 8.50. The molecular formula is C30H34FN3O2S. The largest absolute Gasteiger partial charge is 0.338 e. The van der Waals surface area contributed by atoms with Crippen molar-refractivity contribution in [2.75, 3.05) is 39.3 Å². The predicted octanol–water partition coefficient (Wildman–Crippen LogP) is 5.16. The average molecular weight is 520 g/mol. The maximum absolute atomic E-state index is 14.1. The Morgan fingerprint density at radius 2 is 1.73 bits per heavy atom. The highest BCUT2D eigenvalue weighted by Crippen LogP contribution is 2.37. The van der Waals surface area contributed by atoms with Gasteiger partial charge in [0.05, 0.1) is 12.6 Å². The molecule has 37 heavy (non-hydrogen) atoms. The van der Waals surface area contributed by atoms with E-state index in [-0.39, 0.29) is 30.2 Å². The first-order valence-corrected chi connectivity index (χ1v) is 14.1. The number of halogens is 1. The summed E-state index contributed by atoms with van der Waals surface area (Å²) in [5.41, 5.74) is 4.02. The molecule has 2 aliphatic heterocycles. The molecule has 5 nitrogen and oxygen atoms in total. The summed E-state index contributed by atoms with van der Waals surface area (Å²) in [7, 11) is 0. The van der Waals surface area contributed by atoms with Crippen LogP contribution in [0.15, 0.2) is 60.0 Å². The van der Waals surface area contributed by atoms with Crippen LogP contribution in [-0.4, -0.2) is 65.8 Å². The van der Waals surface area contributed by atoms with E-state index in [9.17, 15) is 14.0 Å². The number of benzene rings is 2. The molecule has 0 saturated carbocycles. The Balaban J connectivity index is 1.20. The normalized spacial score (nSPS) is 18.1. The van der Waals surface area contributed by atoms with Gasteiger partial charge in [-0.2, -0.15) is 0 Å². The number of hydrogen-bond acceptors (Lipinski definition) is 4. The van der Waals surface area contributed by atoms with Crippen LogP contribution in [-0.2, 0) is 17.6 Å². The van der Waals surface area contributed by atoms with Gasteiger partial charge in [-0.25, -0.2) is 4.39 Å². The molecule has 0 N–H and O–H groups in total. The van der Waals surface area contributed by atoms with Crippen molar-refractivity contribution >= 4 is 23.2 Å². The summed E-state index contributed by atoms with van der Waals surface area (Å²) in [5, 5.41) is 2.08. The Morgan fingerprint density at radius 1 is 0.973 bits per heavy atom. The van der Waals surface area contributed by atoms with Gasteiger partial charge in [0, 0.05) is 43.2 Å². The molecular weight excluding hydrogens is 485 g/mol. The second-order valence-corrected chi connectivity index (χ2v) is 11.0. The Bertz CT molecular complexity index is 1230. The topological polar surface area (TPSA) is 43.9 Å². The second-order valence-electron chi connectivity index (χ2n) is 9.95. The highest BCUT2D eigenvalue weighted by atomic mass is 32.1. The van der Waals surface area contributed by atoms with Crippen molar-refractivity contribution in [2.45, 2.75) is 38.6 Å². The van der Waals surface area contributed by atoms with Gasteiger partial charge < -0.3 is 9.80 Å². The van der Waals surface area contributed by atoms with Crippen LogP contribution in [0.4, 0.5) is 4.39 Å². The van der Waals surface area contributed by atoms with E-state index in [4.69, 9.17) is 0 Å². The third-order valence-electron chi connectivity index (χ3n) is 7.51. The fourth-order valence-electron chi connectivity index (χ4n) is 5.42. The van der Waals surface area contributed by atoms with Crippen molar-refractivity contribution in [1.82, 2.24) is 14.7 Å². The zero-order valence-corrected chi connectivity index (χ0v) is 22.2. The zero-order valence-electron chi connectivity index (χ0n) is 21.4. The summed E-state index contributed by atoms with van der Waals surface area (Å²) in [6, 6.07) is 16.6. The van der Waals surface area contributed by atoms with Crippen LogP contribution < -0.4 is 0 Å². The molecule has 2 aliphatic rings. The van der Waals surface area contributed by atoms with E-state index in [2.05, 4.69) is 35.4 Å². The van der Waals surface area contributed by atoms with E-state index < -0.39 is 0 Å². The van der Waals surface area contributed by atoms with Gasteiger partial charge in [0.1, 0.15) is 5.82 Å². The Labute approximate surface area is 222 Å². The lowest BCUT2D eigenvalue weighted by atomic mass is 9.93. The number of thiophene rings is 1. The van der Waals surface area contributed by atoms with Gasteiger partial charge in [0.15, 0.2) is 0 Å². The summed E-state index contributed by atoms with van der Waals surface area (Å²) >= 11 is 1.73. The van der Waals surface area contributed by atoms with E-state index in [1.807, 2.05) is 28.0 Å². The number of amides is 2. The molecule has 2 amide bonds. The van der Waals surface area contributed by atoms with Crippen molar-refractivity contribution in [3.63, 3.8) is 0 Å². The number of nitrogens with zero attached hydrogens (tertiary/aromatic N) is 3. The summed E-state index contributed by atoms with van der Waals surface area (Å²) in [5.74, 6) is -0.170. The van der Waals surface area contributed by atoms with Gasteiger partial charge in [0.2, 0.25) is 5.91 Å². The van der Waals surface area contributed by atoms with Crippen molar-refractivity contribution in [3.05, 3.63) is 92.9 Å². The molecule has 0 bridgehead atoms. The third kappa shape index (κ3) is 5.78. The molecule has 1 atom stereocenters. The number of rotatable bonds is 7. The smallest absolute Gasteiger partial charge is 0.253 e. The van der Waals surface area contributed by atoms with Crippen LogP contribution in [0.2, 0.25) is 0 Å². The van der Waals surface area contributed by atoms with E-state index in [0.29, 0.717) is 31.7 Å². The molecule has 3 heterocycles. The second kappa shape index (κ2) is 11.6. The van der Waals surface area contributed by atoms with E-state index in [1.54, 1.807) is 23.5 Å². The standard InChI is InChI=1S/C30H34FN3O2S/c1-2-3-5-22-8-10-23(11-9-22)30(36)33-17-15-32(16-18-33)28(35)21-34-14-12-27-26(13-19-37-27)29(34)24-6-4-7-25(31)20-24/h4,6-11,13,19-20,29H,2-3,5,12,14-18,21H2,1H3. The maximum Gasteiger partial charge on any atom is 0.253 e. The first-order chi connectivity index (χ1) is 18.0. The molecule has 1 aromatic heterocycles. The average Bonchev–Trinajstić information content (AvgIpc) is 3.40. The molecule has 1 unspecified atom stereocenters. The molecule has 1 fully saturated rings. The fraction of sp³-hybridized carbons (Fsp3) is 0.400. The quantitative estimate of drug-likeness (QED) is 0.433. The number of unbranched alkanes of at least 4 members (excludes halogenated alkanes) is 1. The molecule has 5 rings (SSSR count). The van der Waals surface area contributed by atoms with E-state index >= 15 is 0 Å². The minimum Gasteiger partial charge on any atom is -0.338 e. The molecule has 194 valence electrons. The first-order valence-electron chi connectivity index (χ1n) is 13.2. The fourth-order valence-corrected chi connectivity index (χ4v) is 6.32. The first kappa shape index (κ1) is 25.6. The van der Waals surface area contributed by atoms with Crippen molar-refractivity contribution in [2.24, 2.45) is 0 Å². The van der Waals surface area contributed by atoms with Gasteiger partial charge >= 0.3 is 0 Å². The molecule has 0 radical (unpaired) electrons. The van der Waals surface area contributed by atoms with Crippen LogP contribution >= 0.6 is 11.3 Å².